The van der Waals surface area contributed by atoms with Crippen LogP contribution in [0.25, 0.3) is 0 Å². The molecule has 0 atom stereocenters. The molecule has 1 aromatic rings. The molecule has 0 aromatic heterocycles. The number of hydrogen-bond donors (Lipinski definition) is 2. The molecule has 0 aliphatic heterocycles. The first-order valence-electron chi connectivity index (χ1n) is 3.57. The molecule has 0 bridgehead atoms. The second-order valence-corrected chi connectivity index (χ2v) is 2.33. The van der Waals surface area contributed by atoms with E-state index in [0.29, 0.717) is 5.46 Å². The van der Waals surface area contributed by atoms with E-state index in [1.54, 1.807) is 24.3 Å². The largest absolute Gasteiger partial charge is 0.488 e. The van der Waals surface area contributed by atoms with Crippen molar-refractivity contribution in [2.24, 2.45) is 0 Å². The highest BCUT2D eigenvalue weighted by Crippen LogP contribution is 2.05. The lowest BCUT2D eigenvalue weighted by Gasteiger charge is -1.94. The van der Waals surface area contributed by atoms with Crippen LogP contribution in [-0.4, -0.2) is 31.1 Å². The molecule has 14 heavy (non-hydrogen) atoms. The summed E-state index contributed by atoms with van der Waals surface area (Å²) in [7, 11) is 2.01. The standard InChI is InChI=1S/C6H7BO2.CBF3/c8-7(9)6-4-2-1-3-5-6;2-1(3,4)5/h1-5,8-9H;. The van der Waals surface area contributed by atoms with Crippen molar-refractivity contribution in [2.75, 3.05) is 0 Å². The molecule has 2 N–H and O–H groups in total. The first-order chi connectivity index (χ1) is 6.30. The average Bonchev–Trinajstić information content (AvgIpc) is 2.03. The Morgan fingerprint density at radius 2 is 1.43 bits per heavy atom. The van der Waals surface area contributed by atoms with E-state index in [9.17, 15) is 13.2 Å². The first-order valence-corrected chi connectivity index (χ1v) is 3.57. The Labute approximate surface area is 80.9 Å². The third kappa shape index (κ3) is 9.15. The molecule has 0 heterocycles. The van der Waals surface area contributed by atoms with Crippen molar-refractivity contribution < 1.29 is 23.2 Å². The second-order valence-electron chi connectivity index (χ2n) is 2.33. The number of rotatable bonds is 1. The summed E-state index contributed by atoms with van der Waals surface area (Å²) in [5, 5.41) is 17.2. The van der Waals surface area contributed by atoms with Crippen LogP contribution in [0.4, 0.5) is 13.2 Å². The van der Waals surface area contributed by atoms with Gasteiger partial charge in [0.25, 0.3) is 0 Å². The SMILES string of the molecule is OB(O)c1ccccc1.[B]C(F)(F)F. The lowest BCUT2D eigenvalue weighted by molar-refractivity contribution is -0.0429. The van der Waals surface area contributed by atoms with Gasteiger partial charge < -0.3 is 10.0 Å². The van der Waals surface area contributed by atoms with Crippen molar-refractivity contribution in [2.45, 2.75) is 6.08 Å². The van der Waals surface area contributed by atoms with Crippen LogP contribution in [0.15, 0.2) is 30.3 Å². The zero-order valence-electron chi connectivity index (χ0n) is 7.07. The lowest BCUT2D eigenvalue weighted by atomic mass is 9.81. The fourth-order valence-electron chi connectivity index (χ4n) is 0.625. The van der Waals surface area contributed by atoms with Crippen molar-refractivity contribution in [3.05, 3.63) is 30.3 Å². The quantitative estimate of drug-likeness (QED) is 0.631. The van der Waals surface area contributed by atoms with E-state index >= 15 is 0 Å². The summed E-state index contributed by atoms with van der Waals surface area (Å²) in [4.78, 5) is 0. The fraction of sp³-hybridized carbons (Fsp3) is 0.143. The summed E-state index contributed by atoms with van der Waals surface area (Å²) in [5.41, 5.74) is 0.525. The number of benzene rings is 1. The average molecular weight is 202 g/mol. The Morgan fingerprint density at radius 3 is 1.64 bits per heavy atom. The molecular weight excluding hydrogens is 195 g/mol. The fourth-order valence-corrected chi connectivity index (χ4v) is 0.625. The zero-order valence-corrected chi connectivity index (χ0v) is 7.07. The van der Waals surface area contributed by atoms with Gasteiger partial charge in [0.05, 0.1) is 0 Å². The molecule has 74 valence electrons. The molecule has 0 saturated carbocycles. The van der Waals surface area contributed by atoms with Crippen LogP contribution >= 0.6 is 0 Å². The monoisotopic (exact) mass is 202 g/mol. The van der Waals surface area contributed by atoms with Crippen LogP contribution < -0.4 is 5.46 Å². The summed E-state index contributed by atoms with van der Waals surface area (Å²) in [6, 6.07) is 8.66. The van der Waals surface area contributed by atoms with E-state index in [1.165, 1.54) is 0 Å². The lowest BCUT2D eigenvalue weighted by Crippen LogP contribution is -2.29. The highest BCUT2D eigenvalue weighted by molar-refractivity contribution is 6.58. The molecular formula is C7H7B2F3O2. The van der Waals surface area contributed by atoms with Gasteiger partial charge in [-0.3, -0.25) is 0 Å². The Hall–Kier alpha value is -0.940. The molecule has 0 saturated heterocycles. The van der Waals surface area contributed by atoms with Crippen molar-refractivity contribution in [3.8, 4) is 0 Å². The zero-order chi connectivity index (χ0) is 11.2. The number of alkyl halides is 3. The topological polar surface area (TPSA) is 40.5 Å². The van der Waals surface area contributed by atoms with Gasteiger partial charge in [-0.05, 0) is 5.46 Å². The third-order valence-corrected chi connectivity index (χ3v) is 1.10. The van der Waals surface area contributed by atoms with Crippen LogP contribution in [0.3, 0.4) is 0 Å². The maximum absolute atomic E-state index is 10.1. The minimum Gasteiger partial charge on any atom is -0.423 e. The summed E-state index contributed by atoms with van der Waals surface area (Å²) >= 11 is 0. The molecule has 0 fully saturated rings. The Bertz CT molecular complexity index is 245. The third-order valence-electron chi connectivity index (χ3n) is 1.10. The van der Waals surface area contributed by atoms with E-state index in [2.05, 4.69) is 7.85 Å². The highest BCUT2D eigenvalue weighted by atomic mass is 19.4. The van der Waals surface area contributed by atoms with Gasteiger partial charge in [-0.25, -0.2) is 0 Å². The van der Waals surface area contributed by atoms with Crippen LogP contribution in [0.5, 0.6) is 0 Å². The van der Waals surface area contributed by atoms with E-state index in [-0.39, 0.29) is 0 Å². The Kier molecular flexibility index (Phi) is 5.34. The molecule has 0 unspecified atom stereocenters. The summed E-state index contributed by atoms with van der Waals surface area (Å²) in [6.45, 7) is 0. The molecule has 0 amide bonds. The van der Waals surface area contributed by atoms with Crippen LogP contribution in [0.2, 0.25) is 0 Å². The van der Waals surface area contributed by atoms with Gasteiger partial charge in [0.1, 0.15) is 0 Å². The summed E-state index contributed by atoms with van der Waals surface area (Å²) in [5.74, 6) is 0. The summed E-state index contributed by atoms with van der Waals surface area (Å²) in [6.07, 6.45) is -4.50. The molecule has 0 spiro atoms. The number of hydrogen-bond acceptors (Lipinski definition) is 2. The molecule has 7 heteroatoms. The molecule has 1 rings (SSSR count). The van der Waals surface area contributed by atoms with Gasteiger partial charge in [-0.1, -0.05) is 30.3 Å². The molecule has 1 aromatic carbocycles. The van der Waals surface area contributed by atoms with Crippen LogP contribution in [0, 0.1) is 0 Å². The van der Waals surface area contributed by atoms with Crippen LogP contribution in [0.1, 0.15) is 0 Å². The predicted octanol–water partition coefficient (Wildman–Crippen LogP) is 0.0411. The first kappa shape index (κ1) is 13.1. The normalized spacial score (nSPS) is 10.1. The highest BCUT2D eigenvalue weighted by Gasteiger charge is 2.14. The molecule has 0 aliphatic rings. The number of halogens is 3. The Morgan fingerprint density at radius 1 is 1.07 bits per heavy atom. The second kappa shape index (κ2) is 5.72. The van der Waals surface area contributed by atoms with Crippen LogP contribution in [-0.2, 0) is 0 Å². The van der Waals surface area contributed by atoms with Gasteiger partial charge in [0.2, 0.25) is 7.85 Å². The van der Waals surface area contributed by atoms with E-state index in [4.69, 9.17) is 10.0 Å². The van der Waals surface area contributed by atoms with Gasteiger partial charge >= 0.3 is 13.2 Å². The van der Waals surface area contributed by atoms with E-state index in [1.807, 2.05) is 6.07 Å². The van der Waals surface area contributed by atoms with E-state index in [0.717, 1.165) is 0 Å². The maximum Gasteiger partial charge on any atom is 0.488 e. The van der Waals surface area contributed by atoms with Gasteiger partial charge in [0, 0.05) is 0 Å². The van der Waals surface area contributed by atoms with Crippen molar-refractivity contribution in [3.63, 3.8) is 0 Å². The maximum atomic E-state index is 10.1. The van der Waals surface area contributed by atoms with Crippen molar-refractivity contribution in [1.29, 1.82) is 0 Å². The summed E-state index contributed by atoms with van der Waals surface area (Å²) < 4.78 is 30.4. The van der Waals surface area contributed by atoms with Crippen molar-refractivity contribution in [1.82, 2.24) is 0 Å². The molecule has 2 radical (unpaired) electrons. The van der Waals surface area contributed by atoms with Gasteiger partial charge in [0.15, 0.2) is 0 Å². The van der Waals surface area contributed by atoms with Gasteiger partial charge in [-0.2, -0.15) is 13.2 Å². The Balaban J connectivity index is 0.000000292. The predicted molar refractivity (Wildman–Crippen MR) is 48.1 cm³/mol. The minimum atomic E-state index is -4.50. The van der Waals surface area contributed by atoms with Gasteiger partial charge in [-0.15, -0.1) is 0 Å². The molecule has 0 aliphatic carbocycles. The van der Waals surface area contributed by atoms with E-state index < -0.39 is 13.2 Å². The minimum absolute atomic E-state index is 0.525. The van der Waals surface area contributed by atoms with Crippen molar-refractivity contribution >= 4 is 20.4 Å². The smallest absolute Gasteiger partial charge is 0.423 e. The molecule has 2 nitrogen and oxygen atoms in total.